The van der Waals surface area contributed by atoms with Gasteiger partial charge in [-0.3, -0.25) is 0 Å². The van der Waals surface area contributed by atoms with E-state index >= 15 is 0 Å². The number of rotatable bonds is 1. The highest BCUT2D eigenvalue weighted by Crippen LogP contribution is 2.32. The van der Waals surface area contributed by atoms with Gasteiger partial charge in [-0.1, -0.05) is 18.2 Å². The molecule has 60 valence electrons. The van der Waals surface area contributed by atoms with Gasteiger partial charge in [0.15, 0.2) is 0 Å². The third-order valence-corrected chi connectivity index (χ3v) is 1.66. The fourth-order valence-corrected chi connectivity index (χ4v) is 1.15. The molecule has 0 radical (unpaired) electrons. The van der Waals surface area contributed by atoms with E-state index in [0.717, 1.165) is 0 Å². The van der Waals surface area contributed by atoms with Gasteiger partial charge in [-0.2, -0.15) is 0 Å². The lowest BCUT2D eigenvalue weighted by Crippen LogP contribution is -1.94. The van der Waals surface area contributed by atoms with Gasteiger partial charge in [0.1, 0.15) is 11.7 Å². The lowest BCUT2D eigenvalue weighted by Gasteiger charge is -2.09. The Bertz CT molecular complexity index is 251. The third-order valence-electron chi connectivity index (χ3n) is 1.47. The predicted molar refractivity (Wildman–Crippen MR) is 41.6 cm³/mol. The van der Waals surface area contributed by atoms with Crippen molar-refractivity contribution in [3.05, 3.63) is 34.9 Å². The largest absolute Gasteiger partial charge is 0.211 e. The van der Waals surface area contributed by atoms with Crippen LogP contribution in [0.5, 0.6) is 0 Å². The number of hydrogen-bond acceptors (Lipinski definition) is 0. The SMILES string of the molecule is C=C(Cl)C1=C(F)CCC=C1F. The Morgan fingerprint density at radius 2 is 2.18 bits per heavy atom. The molecule has 0 N–H and O–H groups in total. The van der Waals surface area contributed by atoms with E-state index in [1.807, 2.05) is 0 Å². The van der Waals surface area contributed by atoms with Crippen LogP contribution >= 0.6 is 11.6 Å². The highest BCUT2D eigenvalue weighted by atomic mass is 35.5. The minimum Gasteiger partial charge on any atom is -0.211 e. The maximum atomic E-state index is 12.8. The summed E-state index contributed by atoms with van der Waals surface area (Å²) < 4.78 is 25.6. The van der Waals surface area contributed by atoms with Crippen LogP contribution in [0.15, 0.2) is 34.9 Å². The van der Waals surface area contributed by atoms with Crippen molar-refractivity contribution < 1.29 is 8.78 Å². The number of allylic oxidation sites excluding steroid dienone is 5. The lowest BCUT2D eigenvalue weighted by atomic mass is 10.0. The second kappa shape index (κ2) is 3.18. The van der Waals surface area contributed by atoms with Gasteiger partial charge in [-0.15, -0.1) is 0 Å². The highest BCUT2D eigenvalue weighted by Gasteiger charge is 2.17. The van der Waals surface area contributed by atoms with E-state index in [-0.39, 0.29) is 17.0 Å². The van der Waals surface area contributed by atoms with E-state index in [1.54, 1.807) is 0 Å². The van der Waals surface area contributed by atoms with Crippen LogP contribution in [0.2, 0.25) is 0 Å². The van der Waals surface area contributed by atoms with E-state index in [0.29, 0.717) is 6.42 Å². The molecule has 0 saturated carbocycles. The summed E-state index contributed by atoms with van der Waals surface area (Å²) in [7, 11) is 0. The molecule has 0 saturated heterocycles. The maximum Gasteiger partial charge on any atom is 0.130 e. The molecule has 0 amide bonds. The van der Waals surface area contributed by atoms with Gasteiger partial charge in [-0.05, 0) is 12.5 Å². The first-order valence-electron chi connectivity index (χ1n) is 3.22. The van der Waals surface area contributed by atoms with E-state index < -0.39 is 11.7 Å². The minimum atomic E-state index is -0.603. The van der Waals surface area contributed by atoms with Gasteiger partial charge in [-0.25, -0.2) is 8.78 Å². The predicted octanol–water partition coefficient (Wildman–Crippen LogP) is 3.61. The van der Waals surface area contributed by atoms with Crippen molar-refractivity contribution in [3.63, 3.8) is 0 Å². The Balaban J connectivity index is 3.04. The van der Waals surface area contributed by atoms with Crippen LogP contribution in [0.1, 0.15) is 12.8 Å². The molecule has 1 aliphatic carbocycles. The second-order valence-corrected chi connectivity index (χ2v) is 2.73. The molecule has 3 heteroatoms. The van der Waals surface area contributed by atoms with Gasteiger partial charge < -0.3 is 0 Å². The van der Waals surface area contributed by atoms with Crippen LogP contribution < -0.4 is 0 Å². The first-order valence-corrected chi connectivity index (χ1v) is 3.60. The van der Waals surface area contributed by atoms with Gasteiger partial charge in [0, 0.05) is 11.5 Å². The summed E-state index contributed by atoms with van der Waals surface area (Å²) in [4.78, 5) is 0. The van der Waals surface area contributed by atoms with Crippen LogP contribution in [-0.2, 0) is 0 Å². The van der Waals surface area contributed by atoms with Crippen molar-refractivity contribution in [2.75, 3.05) is 0 Å². The van der Waals surface area contributed by atoms with E-state index in [2.05, 4.69) is 6.58 Å². The van der Waals surface area contributed by atoms with Crippen molar-refractivity contribution >= 4 is 11.6 Å². The number of halogens is 3. The highest BCUT2D eigenvalue weighted by molar-refractivity contribution is 6.32. The molecule has 0 atom stereocenters. The quantitative estimate of drug-likeness (QED) is 0.573. The normalized spacial score (nSPS) is 18.3. The molecule has 0 aliphatic heterocycles. The minimum absolute atomic E-state index is 0.0732. The van der Waals surface area contributed by atoms with Crippen molar-refractivity contribution in [3.8, 4) is 0 Å². The lowest BCUT2D eigenvalue weighted by molar-refractivity contribution is 0.546. The summed E-state index contributed by atoms with van der Waals surface area (Å²) in [5.74, 6) is -1.11. The van der Waals surface area contributed by atoms with Crippen LogP contribution in [-0.4, -0.2) is 0 Å². The second-order valence-electron chi connectivity index (χ2n) is 2.28. The van der Waals surface area contributed by atoms with Crippen molar-refractivity contribution in [2.45, 2.75) is 12.8 Å². The molecule has 0 nitrogen and oxygen atoms in total. The molecule has 0 aromatic heterocycles. The average molecular weight is 177 g/mol. The van der Waals surface area contributed by atoms with Crippen LogP contribution in [0.3, 0.4) is 0 Å². The van der Waals surface area contributed by atoms with E-state index in [4.69, 9.17) is 11.6 Å². The van der Waals surface area contributed by atoms with Gasteiger partial charge >= 0.3 is 0 Å². The zero-order chi connectivity index (χ0) is 8.43. The summed E-state index contributed by atoms with van der Waals surface area (Å²) in [5, 5.41) is -0.0732. The summed E-state index contributed by atoms with van der Waals surface area (Å²) in [6.07, 6.45) is 1.92. The van der Waals surface area contributed by atoms with E-state index in [9.17, 15) is 8.78 Å². The Labute approximate surface area is 68.9 Å². The van der Waals surface area contributed by atoms with Gasteiger partial charge in [0.2, 0.25) is 0 Å². The molecule has 0 unspecified atom stereocenters. The molecular weight excluding hydrogens is 170 g/mol. The van der Waals surface area contributed by atoms with Gasteiger partial charge in [0.05, 0.1) is 5.57 Å². The standard InChI is InChI=1S/C8H7ClF2/c1-5(9)8-6(10)3-2-4-7(8)11/h3H,1-2,4H2. The molecule has 0 aromatic rings. The topological polar surface area (TPSA) is 0 Å². The summed E-state index contributed by atoms with van der Waals surface area (Å²) in [5.41, 5.74) is -0.169. The summed E-state index contributed by atoms with van der Waals surface area (Å²) in [6.45, 7) is 3.27. The smallest absolute Gasteiger partial charge is 0.130 e. The van der Waals surface area contributed by atoms with Crippen LogP contribution in [0.25, 0.3) is 0 Å². The van der Waals surface area contributed by atoms with Crippen molar-refractivity contribution in [1.29, 1.82) is 0 Å². The molecule has 11 heavy (non-hydrogen) atoms. The van der Waals surface area contributed by atoms with Crippen molar-refractivity contribution in [1.82, 2.24) is 0 Å². The Morgan fingerprint density at radius 3 is 2.55 bits per heavy atom. The molecule has 0 fully saturated rings. The third kappa shape index (κ3) is 1.69. The summed E-state index contributed by atoms with van der Waals surface area (Å²) in [6, 6.07) is 0. The Kier molecular flexibility index (Phi) is 2.45. The fourth-order valence-electron chi connectivity index (χ4n) is 0.959. The fraction of sp³-hybridized carbons (Fsp3) is 0.250. The first kappa shape index (κ1) is 8.47. The molecule has 0 aromatic carbocycles. The molecule has 0 heterocycles. The van der Waals surface area contributed by atoms with Crippen LogP contribution in [0.4, 0.5) is 8.78 Å². The Morgan fingerprint density at radius 1 is 1.55 bits per heavy atom. The molecule has 0 spiro atoms. The zero-order valence-electron chi connectivity index (χ0n) is 5.83. The average Bonchev–Trinajstić information content (AvgIpc) is 1.85. The summed E-state index contributed by atoms with van der Waals surface area (Å²) >= 11 is 5.37. The van der Waals surface area contributed by atoms with Crippen molar-refractivity contribution in [2.24, 2.45) is 0 Å². The molecule has 1 rings (SSSR count). The molecule has 0 bridgehead atoms. The molecule has 1 aliphatic rings. The van der Waals surface area contributed by atoms with Gasteiger partial charge in [0.25, 0.3) is 0 Å². The first-order chi connectivity index (χ1) is 5.13. The van der Waals surface area contributed by atoms with E-state index in [1.165, 1.54) is 6.08 Å². The maximum absolute atomic E-state index is 12.8. The number of hydrogen-bond donors (Lipinski definition) is 0. The molecular formula is C8H7ClF2. The Hall–Kier alpha value is -0.630. The van der Waals surface area contributed by atoms with Crippen LogP contribution in [0, 0.1) is 0 Å². The zero-order valence-corrected chi connectivity index (χ0v) is 6.59. The monoisotopic (exact) mass is 176 g/mol.